The second kappa shape index (κ2) is 8.34. The number of aromatic nitrogens is 1. The molecule has 1 N–H and O–H groups in total. The van der Waals surface area contributed by atoms with Crippen LogP contribution in [-0.2, 0) is 17.8 Å². The van der Waals surface area contributed by atoms with Crippen LogP contribution in [0.15, 0.2) is 71.5 Å². The van der Waals surface area contributed by atoms with Crippen LogP contribution in [0.4, 0.5) is 0 Å². The van der Waals surface area contributed by atoms with Gasteiger partial charge in [0.25, 0.3) is 0 Å². The van der Waals surface area contributed by atoms with Crippen molar-refractivity contribution in [1.29, 1.82) is 0 Å². The van der Waals surface area contributed by atoms with Crippen LogP contribution in [0.2, 0.25) is 0 Å². The van der Waals surface area contributed by atoms with E-state index in [2.05, 4.69) is 72.4 Å². The van der Waals surface area contributed by atoms with Gasteiger partial charge in [0, 0.05) is 42.0 Å². The van der Waals surface area contributed by atoms with Crippen LogP contribution in [0.25, 0.3) is 10.9 Å². The summed E-state index contributed by atoms with van der Waals surface area (Å²) < 4.78 is 7.76. The number of carbonyl (C=O) groups is 1. The van der Waals surface area contributed by atoms with Gasteiger partial charge in [0.15, 0.2) is 0 Å². The molecule has 5 rings (SSSR count). The number of nitrogens with one attached hydrogen (secondary N) is 1. The molecule has 4 nitrogen and oxygen atoms in total. The van der Waals surface area contributed by atoms with Crippen molar-refractivity contribution in [2.24, 2.45) is 5.92 Å². The van der Waals surface area contributed by atoms with Crippen molar-refractivity contribution in [2.75, 3.05) is 0 Å². The summed E-state index contributed by atoms with van der Waals surface area (Å²) in [5, 5.41) is 4.45. The maximum Gasteiger partial charge on any atom is 0.223 e. The van der Waals surface area contributed by atoms with E-state index in [0.29, 0.717) is 6.42 Å². The van der Waals surface area contributed by atoms with E-state index in [9.17, 15) is 4.79 Å². The summed E-state index contributed by atoms with van der Waals surface area (Å²) in [5.41, 5.74) is 6.47. The van der Waals surface area contributed by atoms with Gasteiger partial charge < -0.3 is 14.3 Å². The maximum absolute atomic E-state index is 12.9. The SMILES string of the molecule is Cc1ccc(C)c(Cn2cc([C@H]3C[C@@H]3C(=O)NC(C)Cc3ccco3)c3ccccc32)c1. The summed E-state index contributed by atoms with van der Waals surface area (Å²) in [6.45, 7) is 7.20. The third kappa shape index (κ3) is 4.10. The lowest BCUT2D eigenvalue weighted by Crippen LogP contribution is -2.35. The van der Waals surface area contributed by atoms with Gasteiger partial charge in [-0.15, -0.1) is 0 Å². The molecular formula is C28H30N2O2. The standard InChI is InChI=1S/C28H30N2O2/c1-18-10-11-19(2)21(13-18)16-30-17-26(23-8-4-5-9-27(23)30)24-15-25(24)28(31)29-20(3)14-22-7-6-12-32-22/h4-13,17,20,24-25H,14-16H2,1-3H3,(H,29,31)/t20?,24-,25-/m0/s1. The van der Waals surface area contributed by atoms with E-state index in [0.717, 1.165) is 18.7 Å². The van der Waals surface area contributed by atoms with E-state index < -0.39 is 0 Å². The summed E-state index contributed by atoms with van der Waals surface area (Å²) in [7, 11) is 0. The molecule has 164 valence electrons. The third-order valence-corrected chi connectivity index (χ3v) is 6.67. The van der Waals surface area contributed by atoms with Gasteiger partial charge in [-0.1, -0.05) is 42.0 Å². The highest BCUT2D eigenvalue weighted by atomic mass is 16.3. The van der Waals surface area contributed by atoms with Crippen LogP contribution in [0.3, 0.4) is 0 Å². The van der Waals surface area contributed by atoms with Gasteiger partial charge >= 0.3 is 0 Å². The number of carbonyl (C=O) groups excluding carboxylic acids is 1. The van der Waals surface area contributed by atoms with Crippen molar-refractivity contribution in [3.63, 3.8) is 0 Å². The van der Waals surface area contributed by atoms with Crippen molar-refractivity contribution in [1.82, 2.24) is 9.88 Å². The molecule has 1 saturated carbocycles. The van der Waals surface area contributed by atoms with Gasteiger partial charge in [0.2, 0.25) is 5.91 Å². The number of hydrogen-bond donors (Lipinski definition) is 1. The topological polar surface area (TPSA) is 47.2 Å². The Hall–Kier alpha value is -3.27. The lowest BCUT2D eigenvalue weighted by Gasteiger charge is -2.12. The Morgan fingerprint density at radius 1 is 1.16 bits per heavy atom. The number of aryl methyl sites for hydroxylation is 2. The molecule has 1 aliphatic carbocycles. The van der Waals surface area contributed by atoms with E-state index in [1.54, 1.807) is 6.26 Å². The molecule has 0 spiro atoms. The number of para-hydroxylation sites is 1. The Bertz CT molecular complexity index is 1250. The van der Waals surface area contributed by atoms with Crippen molar-refractivity contribution < 1.29 is 9.21 Å². The fourth-order valence-corrected chi connectivity index (χ4v) is 4.82. The highest BCUT2D eigenvalue weighted by Gasteiger charge is 2.45. The predicted octanol–water partition coefficient (Wildman–Crippen LogP) is 5.75. The average molecular weight is 427 g/mol. The smallest absolute Gasteiger partial charge is 0.223 e. The molecule has 4 heteroatoms. The zero-order valence-corrected chi connectivity index (χ0v) is 19.0. The summed E-state index contributed by atoms with van der Waals surface area (Å²) >= 11 is 0. The molecule has 2 aromatic heterocycles. The zero-order valence-electron chi connectivity index (χ0n) is 19.0. The second-order valence-electron chi connectivity index (χ2n) is 9.30. The zero-order chi connectivity index (χ0) is 22.2. The molecule has 0 radical (unpaired) electrons. The first-order chi connectivity index (χ1) is 15.5. The minimum absolute atomic E-state index is 0.0500. The van der Waals surface area contributed by atoms with Crippen LogP contribution in [-0.4, -0.2) is 16.5 Å². The lowest BCUT2D eigenvalue weighted by atomic mass is 10.1. The second-order valence-corrected chi connectivity index (χ2v) is 9.30. The molecule has 1 fully saturated rings. The fraction of sp³-hybridized carbons (Fsp3) is 0.321. The monoisotopic (exact) mass is 426 g/mol. The molecule has 4 aromatic rings. The summed E-state index contributed by atoms with van der Waals surface area (Å²) in [6, 6.07) is 19.1. The number of amides is 1. The first-order valence-electron chi connectivity index (χ1n) is 11.5. The number of furan rings is 1. The molecule has 32 heavy (non-hydrogen) atoms. The number of nitrogens with zero attached hydrogens (tertiary/aromatic N) is 1. The van der Waals surface area contributed by atoms with E-state index in [-0.39, 0.29) is 23.8 Å². The van der Waals surface area contributed by atoms with E-state index >= 15 is 0 Å². The van der Waals surface area contributed by atoms with Crippen LogP contribution in [0.1, 0.15) is 47.3 Å². The van der Waals surface area contributed by atoms with Gasteiger partial charge in [-0.2, -0.15) is 0 Å². The minimum Gasteiger partial charge on any atom is -0.469 e. The maximum atomic E-state index is 12.9. The molecule has 0 saturated heterocycles. The molecular weight excluding hydrogens is 396 g/mol. The van der Waals surface area contributed by atoms with E-state index in [1.165, 1.54) is 33.2 Å². The number of hydrogen-bond acceptors (Lipinski definition) is 2. The van der Waals surface area contributed by atoms with Gasteiger partial charge in [-0.3, -0.25) is 4.79 Å². The molecule has 0 bridgehead atoms. The summed E-state index contributed by atoms with van der Waals surface area (Å²) in [4.78, 5) is 12.9. The van der Waals surface area contributed by atoms with Crippen molar-refractivity contribution >= 4 is 16.8 Å². The molecule has 2 aromatic carbocycles. The first-order valence-corrected chi connectivity index (χ1v) is 11.5. The summed E-state index contributed by atoms with van der Waals surface area (Å²) in [5.74, 6) is 1.39. The molecule has 2 heterocycles. The molecule has 1 amide bonds. The van der Waals surface area contributed by atoms with Crippen LogP contribution in [0, 0.1) is 19.8 Å². The van der Waals surface area contributed by atoms with Crippen molar-refractivity contribution in [3.8, 4) is 0 Å². The van der Waals surface area contributed by atoms with Gasteiger partial charge in [-0.25, -0.2) is 0 Å². The van der Waals surface area contributed by atoms with Gasteiger partial charge in [-0.05, 0) is 68.0 Å². The number of fused-ring (bicyclic) bond motifs is 1. The van der Waals surface area contributed by atoms with E-state index in [4.69, 9.17) is 4.42 Å². The highest BCUT2D eigenvalue weighted by Crippen LogP contribution is 2.50. The average Bonchev–Trinajstić information content (AvgIpc) is 3.25. The minimum atomic E-state index is 0.0500. The predicted molar refractivity (Wildman–Crippen MR) is 128 cm³/mol. The van der Waals surface area contributed by atoms with Gasteiger partial charge in [0.1, 0.15) is 5.76 Å². The van der Waals surface area contributed by atoms with Gasteiger partial charge in [0.05, 0.1) is 6.26 Å². The molecule has 0 aliphatic heterocycles. The van der Waals surface area contributed by atoms with Crippen molar-refractivity contribution in [3.05, 3.63) is 95.1 Å². The normalized spacial score (nSPS) is 18.6. The van der Waals surface area contributed by atoms with Crippen LogP contribution in [0.5, 0.6) is 0 Å². The Morgan fingerprint density at radius 3 is 2.81 bits per heavy atom. The third-order valence-electron chi connectivity index (χ3n) is 6.67. The van der Waals surface area contributed by atoms with E-state index in [1.807, 2.05) is 19.1 Å². The van der Waals surface area contributed by atoms with Crippen LogP contribution >= 0.6 is 0 Å². The Balaban J connectivity index is 1.34. The number of rotatable bonds is 7. The highest BCUT2D eigenvalue weighted by molar-refractivity contribution is 5.89. The Morgan fingerprint density at radius 2 is 2.00 bits per heavy atom. The first kappa shape index (κ1) is 20.6. The Labute approximate surface area is 189 Å². The quantitative estimate of drug-likeness (QED) is 0.409. The largest absolute Gasteiger partial charge is 0.469 e. The summed E-state index contributed by atoms with van der Waals surface area (Å²) in [6.07, 6.45) is 5.58. The Kier molecular flexibility index (Phi) is 5.38. The molecule has 1 unspecified atom stereocenters. The molecule has 3 atom stereocenters. The molecule has 1 aliphatic rings. The van der Waals surface area contributed by atoms with Crippen LogP contribution < -0.4 is 5.32 Å². The van der Waals surface area contributed by atoms with Crippen molar-refractivity contribution in [2.45, 2.75) is 52.1 Å². The lowest BCUT2D eigenvalue weighted by molar-refractivity contribution is -0.123. The fourth-order valence-electron chi connectivity index (χ4n) is 4.82. The number of benzene rings is 2.